The molecule has 1 rings (SSSR count). The number of benzene rings is 1. The first-order chi connectivity index (χ1) is 7.47. The number of amides is 1. The van der Waals surface area contributed by atoms with Gasteiger partial charge in [0, 0.05) is 18.7 Å². The van der Waals surface area contributed by atoms with Gasteiger partial charge in [0.1, 0.15) is 17.7 Å². The van der Waals surface area contributed by atoms with Gasteiger partial charge in [-0.05, 0) is 20.2 Å². The van der Waals surface area contributed by atoms with Gasteiger partial charge in [-0.25, -0.2) is 8.78 Å². The lowest BCUT2D eigenvalue weighted by atomic mass is 10.0. The molecule has 1 amide bonds. The molecule has 0 aromatic heterocycles. The molecule has 16 heavy (non-hydrogen) atoms. The molecular weight excluding hydrogens is 214 g/mol. The Labute approximate surface area is 93.1 Å². The van der Waals surface area contributed by atoms with Crippen LogP contribution in [0.15, 0.2) is 18.2 Å². The molecule has 0 radical (unpaired) electrons. The van der Waals surface area contributed by atoms with Crippen molar-refractivity contribution in [1.82, 2.24) is 10.2 Å². The van der Waals surface area contributed by atoms with Crippen LogP contribution >= 0.6 is 0 Å². The van der Waals surface area contributed by atoms with E-state index in [2.05, 4.69) is 5.32 Å². The maximum Gasteiger partial charge on any atom is 0.241 e. The molecule has 1 unspecified atom stereocenters. The summed E-state index contributed by atoms with van der Waals surface area (Å²) < 4.78 is 26.3. The Morgan fingerprint density at radius 2 is 2.00 bits per heavy atom. The highest BCUT2D eigenvalue weighted by Crippen LogP contribution is 2.22. The van der Waals surface area contributed by atoms with Gasteiger partial charge in [-0.15, -0.1) is 0 Å². The highest BCUT2D eigenvalue weighted by molar-refractivity contribution is 5.82. The van der Waals surface area contributed by atoms with Crippen LogP contribution in [0, 0.1) is 11.6 Å². The van der Waals surface area contributed by atoms with Crippen LogP contribution in [0.25, 0.3) is 0 Å². The zero-order valence-corrected chi connectivity index (χ0v) is 9.42. The second kappa shape index (κ2) is 5.03. The number of hydrogen-bond acceptors (Lipinski definition) is 2. The molecule has 0 saturated heterocycles. The number of carbonyl (C=O) groups excluding carboxylic acids is 1. The highest BCUT2D eigenvalue weighted by Gasteiger charge is 2.24. The molecule has 5 heteroatoms. The minimum Gasteiger partial charge on any atom is -0.358 e. The van der Waals surface area contributed by atoms with Crippen LogP contribution in [-0.4, -0.2) is 32.0 Å². The smallest absolute Gasteiger partial charge is 0.241 e. The molecule has 0 bridgehead atoms. The van der Waals surface area contributed by atoms with Gasteiger partial charge in [0.2, 0.25) is 5.91 Å². The Morgan fingerprint density at radius 3 is 2.44 bits per heavy atom. The topological polar surface area (TPSA) is 32.3 Å². The van der Waals surface area contributed by atoms with Gasteiger partial charge in [0.05, 0.1) is 0 Å². The van der Waals surface area contributed by atoms with E-state index in [1.54, 1.807) is 19.0 Å². The number of nitrogens with zero attached hydrogens (tertiary/aromatic N) is 1. The third-order valence-electron chi connectivity index (χ3n) is 2.27. The van der Waals surface area contributed by atoms with Crippen molar-refractivity contribution in [3.8, 4) is 0 Å². The van der Waals surface area contributed by atoms with E-state index in [9.17, 15) is 13.6 Å². The van der Waals surface area contributed by atoms with Crippen molar-refractivity contribution in [2.24, 2.45) is 0 Å². The van der Waals surface area contributed by atoms with E-state index in [4.69, 9.17) is 0 Å². The van der Waals surface area contributed by atoms with E-state index in [0.717, 1.165) is 12.1 Å². The van der Waals surface area contributed by atoms with Crippen molar-refractivity contribution in [3.05, 3.63) is 35.4 Å². The highest BCUT2D eigenvalue weighted by atomic mass is 19.1. The molecule has 0 aliphatic carbocycles. The second-order valence-corrected chi connectivity index (χ2v) is 3.65. The van der Waals surface area contributed by atoms with Crippen LogP contribution in [0.4, 0.5) is 8.78 Å². The number of hydrogen-bond donors (Lipinski definition) is 1. The lowest BCUT2D eigenvalue weighted by molar-refractivity contribution is -0.125. The molecular formula is C11H14F2N2O. The van der Waals surface area contributed by atoms with Crippen LogP contribution in [0.2, 0.25) is 0 Å². The number of halogens is 2. The Balaban J connectivity index is 3.16. The summed E-state index contributed by atoms with van der Waals surface area (Å²) in [4.78, 5) is 13.1. The summed E-state index contributed by atoms with van der Waals surface area (Å²) in [5, 5.41) is 2.45. The van der Waals surface area contributed by atoms with Crippen molar-refractivity contribution >= 4 is 5.91 Å². The van der Waals surface area contributed by atoms with Gasteiger partial charge in [-0.2, -0.15) is 0 Å². The van der Waals surface area contributed by atoms with Crippen LogP contribution in [0.3, 0.4) is 0 Å². The minimum absolute atomic E-state index is 0.158. The first-order valence-corrected chi connectivity index (χ1v) is 4.80. The van der Waals surface area contributed by atoms with Crippen LogP contribution < -0.4 is 5.32 Å². The van der Waals surface area contributed by atoms with Crippen LogP contribution in [0.1, 0.15) is 11.6 Å². The quantitative estimate of drug-likeness (QED) is 0.846. The first-order valence-electron chi connectivity index (χ1n) is 4.80. The predicted molar refractivity (Wildman–Crippen MR) is 56.9 cm³/mol. The second-order valence-electron chi connectivity index (χ2n) is 3.65. The van der Waals surface area contributed by atoms with Gasteiger partial charge in [-0.3, -0.25) is 9.69 Å². The fourth-order valence-corrected chi connectivity index (χ4v) is 1.51. The van der Waals surface area contributed by atoms with E-state index in [1.165, 1.54) is 13.1 Å². The van der Waals surface area contributed by atoms with E-state index in [0.29, 0.717) is 0 Å². The van der Waals surface area contributed by atoms with Gasteiger partial charge in [-0.1, -0.05) is 6.07 Å². The van der Waals surface area contributed by atoms with Gasteiger partial charge in [0.25, 0.3) is 0 Å². The minimum atomic E-state index is -0.759. The molecule has 1 aromatic carbocycles. The molecule has 0 aliphatic heterocycles. The standard InChI is InChI=1S/C11H14F2N2O/c1-14-11(16)10(15(2)3)8-5-4-7(12)6-9(8)13/h4-6,10H,1-3H3,(H,14,16). The SMILES string of the molecule is CNC(=O)C(c1ccc(F)cc1F)N(C)C. The van der Waals surface area contributed by atoms with E-state index < -0.39 is 17.7 Å². The summed E-state index contributed by atoms with van der Waals surface area (Å²) >= 11 is 0. The van der Waals surface area contributed by atoms with Crippen molar-refractivity contribution in [2.45, 2.75) is 6.04 Å². The van der Waals surface area contributed by atoms with E-state index >= 15 is 0 Å². The van der Waals surface area contributed by atoms with Crippen LogP contribution in [-0.2, 0) is 4.79 Å². The molecule has 3 nitrogen and oxygen atoms in total. The lowest BCUT2D eigenvalue weighted by Gasteiger charge is -2.23. The molecule has 0 heterocycles. The fourth-order valence-electron chi connectivity index (χ4n) is 1.51. The summed E-state index contributed by atoms with van der Waals surface area (Å²) in [6.45, 7) is 0. The van der Waals surface area contributed by atoms with Gasteiger partial charge in [0.15, 0.2) is 0 Å². The number of rotatable bonds is 3. The predicted octanol–water partition coefficient (Wildman–Crippen LogP) is 1.31. The largest absolute Gasteiger partial charge is 0.358 e. The molecule has 0 aliphatic rings. The van der Waals surface area contributed by atoms with Crippen molar-refractivity contribution < 1.29 is 13.6 Å². The fraction of sp³-hybridized carbons (Fsp3) is 0.364. The third-order valence-corrected chi connectivity index (χ3v) is 2.27. The van der Waals surface area contributed by atoms with Gasteiger partial charge >= 0.3 is 0 Å². The van der Waals surface area contributed by atoms with Crippen molar-refractivity contribution in [2.75, 3.05) is 21.1 Å². The summed E-state index contributed by atoms with van der Waals surface area (Å²) in [6.07, 6.45) is 0. The van der Waals surface area contributed by atoms with Gasteiger partial charge < -0.3 is 5.32 Å². The average Bonchev–Trinajstić information content (AvgIpc) is 2.21. The Kier molecular flexibility index (Phi) is 3.95. The average molecular weight is 228 g/mol. The van der Waals surface area contributed by atoms with E-state index in [-0.39, 0.29) is 11.5 Å². The molecule has 0 spiro atoms. The lowest BCUT2D eigenvalue weighted by Crippen LogP contribution is -2.35. The first kappa shape index (κ1) is 12.6. The number of likely N-dealkylation sites (N-methyl/N-ethyl adjacent to an activating group) is 2. The molecule has 0 saturated carbocycles. The molecule has 1 N–H and O–H groups in total. The summed E-state index contributed by atoms with van der Waals surface area (Å²) in [5.41, 5.74) is 0.158. The van der Waals surface area contributed by atoms with E-state index in [1.807, 2.05) is 0 Å². The Hall–Kier alpha value is -1.49. The maximum atomic E-state index is 13.5. The molecule has 1 aromatic rings. The third kappa shape index (κ3) is 2.55. The Morgan fingerprint density at radius 1 is 1.38 bits per heavy atom. The Bertz CT molecular complexity index is 394. The zero-order chi connectivity index (χ0) is 12.3. The normalized spacial score (nSPS) is 12.6. The molecule has 1 atom stereocenters. The zero-order valence-electron chi connectivity index (χ0n) is 9.42. The summed E-state index contributed by atoms with van der Waals surface area (Å²) in [6, 6.07) is 2.43. The van der Waals surface area contributed by atoms with Crippen LogP contribution in [0.5, 0.6) is 0 Å². The molecule has 88 valence electrons. The molecule has 0 fully saturated rings. The number of nitrogens with one attached hydrogen (secondary N) is 1. The summed E-state index contributed by atoms with van der Waals surface area (Å²) in [5.74, 6) is -1.71. The van der Waals surface area contributed by atoms with Crippen molar-refractivity contribution in [3.63, 3.8) is 0 Å². The summed E-state index contributed by atoms with van der Waals surface area (Å²) in [7, 11) is 4.78. The van der Waals surface area contributed by atoms with Crippen molar-refractivity contribution in [1.29, 1.82) is 0 Å². The maximum absolute atomic E-state index is 13.5. The number of carbonyl (C=O) groups is 1. The monoisotopic (exact) mass is 228 g/mol.